The number of rotatable bonds is 5. The molecule has 6 nitrogen and oxygen atoms in total. The molecule has 0 saturated carbocycles. The van der Waals surface area contributed by atoms with E-state index in [1.54, 1.807) is 12.1 Å². The summed E-state index contributed by atoms with van der Waals surface area (Å²) in [6.45, 7) is 2.12. The molecule has 2 N–H and O–H groups in total. The number of carbonyl (C=O) groups excluding carboxylic acids is 1. The predicted octanol–water partition coefficient (Wildman–Crippen LogP) is 0.295. The standard InChI is InChI=1S/C13H17NO5/c1-2-18-11-6-9(7-16)5-10-13(11)19-8-12(17)14(10)3-4-15/h5-6,15-16H,2-4,7-8H2,1H3. The van der Waals surface area contributed by atoms with Crippen LogP contribution in [0.4, 0.5) is 5.69 Å². The minimum atomic E-state index is -0.223. The van der Waals surface area contributed by atoms with Crippen LogP contribution in [-0.4, -0.2) is 42.5 Å². The highest BCUT2D eigenvalue weighted by molar-refractivity contribution is 5.98. The van der Waals surface area contributed by atoms with Gasteiger partial charge in [-0.25, -0.2) is 0 Å². The van der Waals surface area contributed by atoms with Gasteiger partial charge in [0, 0.05) is 6.54 Å². The molecular formula is C13H17NO5. The van der Waals surface area contributed by atoms with Gasteiger partial charge in [-0.1, -0.05) is 0 Å². The zero-order valence-corrected chi connectivity index (χ0v) is 10.8. The largest absolute Gasteiger partial charge is 0.490 e. The Morgan fingerprint density at radius 2 is 2.21 bits per heavy atom. The fraction of sp³-hybridized carbons (Fsp3) is 0.462. The Balaban J connectivity index is 2.49. The molecule has 2 rings (SSSR count). The van der Waals surface area contributed by atoms with Crippen LogP contribution >= 0.6 is 0 Å². The van der Waals surface area contributed by atoms with Gasteiger partial charge in [0.05, 0.1) is 25.5 Å². The summed E-state index contributed by atoms with van der Waals surface area (Å²) in [5.41, 5.74) is 1.16. The van der Waals surface area contributed by atoms with Gasteiger partial charge in [0.1, 0.15) is 0 Å². The molecule has 0 atom stereocenters. The maximum absolute atomic E-state index is 11.8. The molecule has 0 aliphatic carbocycles. The molecule has 104 valence electrons. The molecule has 19 heavy (non-hydrogen) atoms. The van der Waals surface area contributed by atoms with Gasteiger partial charge in [0.15, 0.2) is 18.1 Å². The Morgan fingerprint density at radius 1 is 1.42 bits per heavy atom. The minimum absolute atomic E-state index is 0.0778. The summed E-state index contributed by atoms with van der Waals surface area (Å²) in [7, 11) is 0. The van der Waals surface area contributed by atoms with E-state index in [9.17, 15) is 9.90 Å². The van der Waals surface area contributed by atoms with Gasteiger partial charge in [0.25, 0.3) is 5.91 Å². The molecule has 0 fully saturated rings. The maximum Gasteiger partial charge on any atom is 0.265 e. The van der Waals surface area contributed by atoms with E-state index in [0.717, 1.165) is 0 Å². The zero-order chi connectivity index (χ0) is 13.8. The van der Waals surface area contributed by atoms with E-state index in [2.05, 4.69) is 0 Å². The lowest BCUT2D eigenvalue weighted by molar-refractivity contribution is -0.121. The Hall–Kier alpha value is -1.79. The number of aliphatic hydroxyl groups excluding tert-OH is 2. The van der Waals surface area contributed by atoms with Gasteiger partial charge >= 0.3 is 0 Å². The van der Waals surface area contributed by atoms with Crippen LogP contribution in [0.15, 0.2) is 12.1 Å². The highest BCUT2D eigenvalue weighted by Gasteiger charge is 2.28. The van der Waals surface area contributed by atoms with Crippen molar-refractivity contribution in [1.82, 2.24) is 0 Å². The van der Waals surface area contributed by atoms with E-state index < -0.39 is 0 Å². The second kappa shape index (κ2) is 5.90. The molecule has 0 radical (unpaired) electrons. The molecule has 0 unspecified atom stereocenters. The van der Waals surface area contributed by atoms with Crippen molar-refractivity contribution in [2.45, 2.75) is 13.5 Å². The van der Waals surface area contributed by atoms with Crippen LogP contribution in [0, 0.1) is 0 Å². The zero-order valence-electron chi connectivity index (χ0n) is 10.8. The van der Waals surface area contributed by atoms with Gasteiger partial charge in [-0.2, -0.15) is 0 Å². The van der Waals surface area contributed by atoms with E-state index >= 15 is 0 Å². The number of aliphatic hydroxyl groups is 2. The number of nitrogens with zero attached hydrogens (tertiary/aromatic N) is 1. The summed E-state index contributed by atoms with van der Waals surface area (Å²) >= 11 is 0. The molecule has 1 aromatic rings. The second-order valence-corrected chi connectivity index (χ2v) is 4.09. The smallest absolute Gasteiger partial charge is 0.265 e. The normalized spacial score (nSPS) is 14.1. The second-order valence-electron chi connectivity index (χ2n) is 4.09. The summed E-state index contributed by atoms with van der Waals surface area (Å²) in [6, 6.07) is 3.36. The Kier molecular flexibility index (Phi) is 4.24. The SMILES string of the molecule is CCOc1cc(CO)cc2c1OCC(=O)N2CCO. The lowest BCUT2D eigenvalue weighted by Crippen LogP contribution is -2.40. The third-order valence-electron chi connectivity index (χ3n) is 2.83. The number of carbonyl (C=O) groups is 1. The number of hydrogen-bond acceptors (Lipinski definition) is 5. The Bertz CT molecular complexity index is 474. The van der Waals surface area contributed by atoms with E-state index in [1.807, 2.05) is 6.92 Å². The monoisotopic (exact) mass is 267 g/mol. The van der Waals surface area contributed by atoms with Crippen molar-refractivity contribution in [2.24, 2.45) is 0 Å². The third kappa shape index (κ3) is 2.64. The molecule has 1 aliphatic rings. The maximum atomic E-state index is 11.8. The Labute approximate surface area is 111 Å². The van der Waals surface area contributed by atoms with Crippen molar-refractivity contribution in [3.63, 3.8) is 0 Å². The van der Waals surface area contributed by atoms with Gasteiger partial charge in [-0.15, -0.1) is 0 Å². The number of anilines is 1. The fourth-order valence-corrected chi connectivity index (χ4v) is 2.03. The van der Waals surface area contributed by atoms with Crippen LogP contribution in [0.2, 0.25) is 0 Å². The lowest BCUT2D eigenvalue weighted by Gasteiger charge is -2.30. The van der Waals surface area contributed by atoms with Crippen molar-refractivity contribution < 1.29 is 24.5 Å². The summed E-state index contributed by atoms with van der Waals surface area (Å²) < 4.78 is 10.9. The molecule has 1 heterocycles. The molecule has 6 heteroatoms. The van der Waals surface area contributed by atoms with Crippen molar-refractivity contribution in [3.8, 4) is 11.5 Å². The van der Waals surface area contributed by atoms with Gasteiger partial charge < -0.3 is 24.6 Å². The summed E-state index contributed by atoms with van der Waals surface area (Å²) in [6.07, 6.45) is 0. The lowest BCUT2D eigenvalue weighted by atomic mass is 10.1. The van der Waals surface area contributed by atoms with Crippen LogP contribution in [-0.2, 0) is 11.4 Å². The number of fused-ring (bicyclic) bond motifs is 1. The first-order valence-corrected chi connectivity index (χ1v) is 6.15. The summed E-state index contributed by atoms with van der Waals surface area (Å²) in [5.74, 6) is 0.755. The van der Waals surface area contributed by atoms with Crippen molar-refractivity contribution in [3.05, 3.63) is 17.7 Å². The number of hydrogen-bond donors (Lipinski definition) is 2. The van der Waals surface area contributed by atoms with Crippen LogP contribution in [0.25, 0.3) is 0 Å². The molecule has 1 aromatic carbocycles. The van der Waals surface area contributed by atoms with Crippen molar-refractivity contribution >= 4 is 11.6 Å². The Morgan fingerprint density at radius 3 is 2.84 bits per heavy atom. The minimum Gasteiger partial charge on any atom is -0.490 e. The molecule has 0 aromatic heterocycles. The first kappa shape index (κ1) is 13.6. The van der Waals surface area contributed by atoms with E-state index in [4.69, 9.17) is 14.6 Å². The molecule has 1 amide bonds. The van der Waals surface area contributed by atoms with Gasteiger partial charge in [-0.05, 0) is 24.6 Å². The molecule has 0 saturated heterocycles. The molecule has 0 bridgehead atoms. The van der Waals surface area contributed by atoms with E-state index in [-0.39, 0.29) is 32.3 Å². The number of ether oxygens (including phenoxy) is 2. The quantitative estimate of drug-likeness (QED) is 0.802. The predicted molar refractivity (Wildman–Crippen MR) is 68.5 cm³/mol. The molecule has 0 spiro atoms. The summed E-state index contributed by atoms with van der Waals surface area (Å²) in [4.78, 5) is 13.2. The highest BCUT2D eigenvalue weighted by atomic mass is 16.5. The van der Waals surface area contributed by atoms with Gasteiger partial charge in [0.2, 0.25) is 0 Å². The first-order valence-electron chi connectivity index (χ1n) is 6.15. The average Bonchev–Trinajstić information content (AvgIpc) is 2.42. The number of benzene rings is 1. The average molecular weight is 267 g/mol. The number of β-amino-alcohol motifs (C(OH)–C–C–N with tert-alkyl or cyclic N) is 1. The van der Waals surface area contributed by atoms with E-state index in [1.165, 1.54) is 4.90 Å². The van der Waals surface area contributed by atoms with Crippen molar-refractivity contribution in [1.29, 1.82) is 0 Å². The molecule has 1 aliphatic heterocycles. The van der Waals surface area contributed by atoms with Gasteiger partial charge in [-0.3, -0.25) is 4.79 Å². The first-order chi connectivity index (χ1) is 9.21. The molecular weight excluding hydrogens is 250 g/mol. The summed E-state index contributed by atoms with van der Waals surface area (Å²) in [5, 5.41) is 18.3. The van der Waals surface area contributed by atoms with Crippen molar-refractivity contribution in [2.75, 3.05) is 31.3 Å². The van der Waals surface area contributed by atoms with Crippen LogP contribution < -0.4 is 14.4 Å². The van der Waals surface area contributed by atoms with Crippen LogP contribution in [0.5, 0.6) is 11.5 Å². The van der Waals surface area contributed by atoms with Crippen LogP contribution in [0.1, 0.15) is 12.5 Å². The van der Waals surface area contributed by atoms with Crippen LogP contribution in [0.3, 0.4) is 0 Å². The highest BCUT2D eigenvalue weighted by Crippen LogP contribution is 2.41. The third-order valence-corrected chi connectivity index (χ3v) is 2.83. The van der Waals surface area contributed by atoms with E-state index in [0.29, 0.717) is 29.4 Å². The number of amides is 1. The topological polar surface area (TPSA) is 79.2 Å². The fourth-order valence-electron chi connectivity index (χ4n) is 2.03.